The summed E-state index contributed by atoms with van der Waals surface area (Å²) in [5.74, 6) is 0.914. The van der Waals surface area contributed by atoms with Crippen LogP contribution in [0.15, 0.2) is 35.3 Å². The lowest BCUT2D eigenvalue weighted by Gasteiger charge is -2.33. The van der Waals surface area contributed by atoms with Crippen LogP contribution in [-0.2, 0) is 11.2 Å². The quantitative estimate of drug-likeness (QED) is 0.190. The number of unbranched alkanes of at least 4 members (excludes halogenated alkanes) is 1. The summed E-state index contributed by atoms with van der Waals surface area (Å²) in [4.78, 5) is 6.94. The van der Waals surface area contributed by atoms with Crippen LogP contribution < -0.4 is 10.6 Å². The number of ether oxygens (including phenoxy) is 1. The highest BCUT2D eigenvalue weighted by Crippen LogP contribution is 2.15. The van der Waals surface area contributed by atoms with Gasteiger partial charge >= 0.3 is 0 Å². The summed E-state index contributed by atoms with van der Waals surface area (Å²) in [6, 6.07) is 11.3. The van der Waals surface area contributed by atoms with Gasteiger partial charge in [0.1, 0.15) is 0 Å². The van der Waals surface area contributed by atoms with Gasteiger partial charge in [-0.1, -0.05) is 36.8 Å². The van der Waals surface area contributed by atoms with Crippen molar-refractivity contribution in [3.8, 4) is 0 Å². The summed E-state index contributed by atoms with van der Waals surface area (Å²) in [5, 5.41) is 6.84. The van der Waals surface area contributed by atoms with Crippen molar-refractivity contribution in [2.24, 2.45) is 4.99 Å². The van der Waals surface area contributed by atoms with Gasteiger partial charge in [0.15, 0.2) is 5.96 Å². The average Bonchev–Trinajstić information content (AvgIpc) is 2.73. The van der Waals surface area contributed by atoms with Gasteiger partial charge in [-0.25, -0.2) is 0 Å². The average molecular weight is 517 g/mol. The highest BCUT2D eigenvalue weighted by atomic mass is 127. The van der Waals surface area contributed by atoms with Gasteiger partial charge < -0.3 is 20.3 Å². The number of guanidine groups is 1. The van der Waals surface area contributed by atoms with Crippen molar-refractivity contribution in [2.75, 3.05) is 46.4 Å². The van der Waals surface area contributed by atoms with Gasteiger partial charge in [0.2, 0.25) is 0 Å². The summed E-state index contributed by atoms with van der Waals surface area (Å²) in [6.07, 6.45) is 8.43. The van der Waals surface area contributed by atoms with Gasteiger partial charge in [-0.2, -0.15) is 0 Å². The van der Waals surface area contributed by atoms with Crippen LogP contribution in [-0.4, -0.2) is 63.3 Å². The number of hydrogen-bond donors (Lipinski definition) is 2. The maximum atomic E-state index is 5.74. The standard InChI is InChI=1S/C23H40N4O.HI/c1-21-11-6-8-17-27(21)18-10-16-26-23(24-2)25-15-7-9-19-28-20-14-22-12-4-3-5-13-22;/h3-5,12-13,21H,6-11,14-20H2,1-2H3,(H2,24,25,26);1H. The molecule has 1 aliphatic heterocycles. The van der Waals surface area contributed by atoms with Crippen molar-refractivity contribution in [2.45, 2.75) is 57.9 Å². The Bertz CT molecular complexity index is 541. The molecular weight excluding hydrogens is 475 g/mol. The van der Waals surface area contributed by atoms with Crippen LogP contribution in [0.25, 0.3) is 0 Å². The molecule has 0 amide bonds. The first kappa shape index (κ1) is 26.2. The van der Waals surface area contributed by atoms with E-state index in [0.717, 1.165) is 57.6 Å². The summed E-state index contributed by atoms with van der Waals surface area (Å²) < 4.78 is 5.74. The Labute approximate surface area is 195 Å². The number of benzene rings is 1. The molecular formula is C23H41IN4O. The Kier molecular flexibility index (Phi) is 15.2. The minimum absolute atomic E-state index is 0. The predicted molar refractivity (Wildman–Crippen MR) is 134 cm³/mol. The van der Waals surface area contributed by atoms with Crippen LogP contribution in [0.4, 0.5) is 0 Å². The van der Waals surface area contributed by atoms with Gasteiger partial charge in [-0.05, 0) is 57.6 Å². The van der Waals surface area contributed by atoms with E-state index < -0.39 is 0 Å². The van der Waals surface area contributed by atoms with E-state index >= 15 is 0 Å². The molecule has 1 unspecified atom stereocenters. The number of aliphatic imine (C=N–C) groups is 1. The third kappa shape index (κ3) is 11.8. The van der Waals surface area contributed by atoms with Crippen molar-refractivity contribution < 1.29 is 4.74 Å². The maximum absolute atomic E-state index is 5.74. The molecule has 0 saturated carbocycles. The number of nitrogens with zero attached hydrogens (tertiary/aromatic N) is 2. The van der Waals surface area contributed by atoms with E-state index in [2.05, 4.69) is 57.8 Å². The van der Waals surface area contributed by atoms with Crippen LogP contribution in [0.1, 0.15) is 51.0 Å². The first-order valence-electron chi connectivity index (χ1n) is 11.1. The fourth-order valence-electron chi connectivity index (χ4n) is 3.67. The molecule has 6 heteroatoms. The highest BCUT2D eigenvalue weighted by Gasteiger charge is 2.16. The van der Waals surface area contributed by atoms with Gasteiger partial charge in [0.25, 0.3) is 0 Å². The Hall–Kier alpha value is -0.860. The molecule has 166 valence electrons. The normalized spacial score (nSPS) is 17.6. The SMILES string of the molecule is CN=C(NCCCCOCCc1ccccc1)NCCCN1CCCCC1C.I. The lowest BCUT2D eigenvalue weighted by atomic mass is 10.0. The Balaban J connectivity index is 0.00000420. The van der Waals surface area contributed by atoms with Gasteiger partial charge in [0, 0.05) is 39.3 Å². The Morgan fingerprint density at radius 1 is 1.07 bits per heavy atom. The molecule has 0 aromatic heterocycles. The zero-order chi connectivity index (χ0) is 19.9. The molecule has 1 heterocycles. The molecule has 29 heavy (non-hydrogen) atoms. The van der Waals surface area contributed by atoms with E-state index in [1.54, 1.807) is 0 Å². The molecule has 0 radical (unpaired) electrons. The number of halogens is 1. The second-order valence-corrected chi connectivity index (χ2v) is 7.72. The largest absolute Gasteiger partial charge is 0.381 e. The Morgan fingerprint density at radius 2 is 1.83 bits per heavy atom. The molecule has 2 N–H and O–H groups in total. The predicted octanol–water partition coefficient (Wildman–Crippen LogP) is 4.07. The van der Waals surface area contributed by atoms with Crippen molar-refractivity contribution in [1.29, 1.82) is 0 Å². The lowest BCUT2D eigenvalue weighted by Crippen LogP contribution is -2.41. The first-order chi connectivity index (χ1) is 13.8. The number of rotatable bonds is 12. The fraction of sp³-hybridized carbons (Fsp3) is 0.696. The lowest BCUT2D eigenvalue weighted by molar-refractivity contribution is 0.133. The van der Waals surface area contributed by atoms with Crippen LogP contribution in [0, 0.1) is 0 Å². The molecule has 1 saturated heterocycles. The Morgan fingerprint density at radius 3 is 2.55 bits per heavy atom. The van der Waals surface area contributed by atoms with Crippen LogP contribution in [0.2, 0.25) is 0 Å². The summed E-state index contributed by atoms with van der Waals surface area (Å²) in [6.45, 7) is 8.35. The molecule has 0 spiro atoms. The van der Waals surface area contributed by atoms with Crippen LogP contribution >= 0.6 is 24.0 Å². The van der Waals surface area contributed by atoms with Crippen molar-refractivity contribution >= 4 is 29.9 Å². The summed E-state index contributed by atoms with van der Waals surface area (Å²) in [5.41, 5.74) is 1.34. The van der Waals surface area contributed by atoms with Gasteiger partial charge in [-0.15, -0.1) is 24.0 Å². The van der Waals surface area contributed by atoms with Crippen LogP contribution in [0.5, 0.6) is 0 Å². The van der Waals surface area contributed by atoms with E-state index in [9.17, 15) is 0 Å². The smallest absolute Gasteiger partial charge is 0.190 e. The summed E-state index contributed by atoms with van der Waals surface area (Å²) in [7, 11) is 1.84. The topological polar surface area (TPSA) is 48.9 Å². The van der Waals surface area contributed by atoms with Crippen molar-refractivity contribution in [1.82, 2.24) is 15.5 Å². The van der Waals surface area contributed by atoms with E-state index in [0.29, 0.717) is 0 Å². The van der Waals surface area contributed by atoms with Gasteiger partial charge in [-0.3, -0.25) is 4.99 Å². The molecule has 1 atom stereocenters. The molecule has 1 fully saturated rings. The summed E-state index contributed by atoms with van der Waals surface area (Å²) >= 11 is 0. The number of hydrogen-bond acceptors (Lipinski definition) is 3. The van der Waals surface area contributed by atoms with Crippen molar-refractivity contribution in [3.63, 3.8) is 0 Å². The molecule has 2 rings (SSSR count). The maximum Gasteiger partial charge on any atom is 0.190 e. The third-order valence-electron chi connectivity index (χ3n) is 5.46. The second-order valence-electron chi connectivity index (χ2n) is 7.72. The highest BCUT2D eigenvalue weighted by molar-refractivity contribution is 14.0. The van der Waals surface area contributed by atoms with Crippen LogP contribution in [0.3, 0.4) is 0 Å². The molecule has 1 aromatic rings. The molecule has 1 aromatic carbocycles. The van der Waals surface area contributed by atoms with Crippen molar-refractivity contribution in [3.05, 3.63) is 35.9 Å². The molecule has 0 aliphatic carbocycles. The van der Waals surface area contributed by atoms with Gasteiger partial charge in [0.05, 0.1) is 6.61 Å². The van der Waals surface area contributed by atoms with E-state index in [1.807, 2.05) is 7.05 Å². The fourth-order valence-corrected chi connectivity index (χ4v) is 3.67. The molecule has 1 aliphatic rings. The van der Waals surface area contributed by atoms with E-state index in [4.69, 9.17) is 4.74 Å². The van der Waals surface area contributed by atoms with E-state index in [1.165, 1.54) is 44.3 Å². The number of piperidine rings is 1. The monoisotopic (exact) mass is 516 g/mol. The zero-order valence-electron chi connectivity index (χ0n) is 18.4. The third-order valence-corrected chi connectivity index (χ3v) is 5.46. The first-order valence-corrected chi connectivity index (χ1v) is 11.1. The minimum atomic E-state index is 0. The number of likely N-dealkylation sites (tertiary alicyclic amines) is 1. The number of nitrogens with one attached hydrogen (secondary N) is 2. The van der Waals surface area contributed by atoms with E-state index in [-0.39, 0.29) is 24.0 Å². The molecule has 5 nitrogen and oxygen atoms in total. The minimum Gasteiger partial charge on any atom is -0.381 e. The zero-order valence-corrected chi connectivity index (χ0v) is 20.7. The molecule has 0 bridgehead atoms. The second kappa shape index (κ2) is 16.9.